The fourth-order valence-corrected chi connectivity index (χ4v) is 2.29. The third-order valence-corrected chi connectivity index (χ3v) is 3.21. The Morgan fingerprint density at radius 2 is 2.44 bits per heavy atom. The molecule has 4 heteroatoms. The summed E-state index contributed by atoms with van der Waals surface area (Å²) in [6.45, 7) is 2.70. The summed E-state index contributed by atoms with van der Waals surface area (Å²) >= 11 is 0. The van der Waals surface area contributed by atoms with Crippen molar-refractivity contribution in [2.75, 3.05) is 7.11 Å². The number of nitrogens with zero attached hydrogens (tertiary/aromatic N) is 1. The first-order valence-electron chi connectivity index (χ1n) is 5.96. The standard InChI is InChI=1S/C12H20N2O2/c1-9-6-11(14-16-9)8-13-10-4-3-5-12(7-10)15-2/h6,10,12-13H,3-5,7-8H2,1-2H3. The lowest BCUT2D eigenvalue weighted by molar-refractivity contribution is 0.0585. The van der Waals surface area contributed by atoms with Gasteiger partial charge in [-0.2, -0.15) is 0 Å². The predicted molar refractivity (Wildman–Crippen MR) is 61.1 cm³/mol. The van der Waals surface area contributed by atoms with E-state index in [1.807, 2.05) is 13.0 Å². The highest BCUT2D eigenvalue weighted by Gasteiger charge is 2.21. The minimum absolute atomic E-state index is 0.422. The first-order chi connectivity index (χ1) is 7.78. The van der Waals surface area contributed by atoms with Crippen molar-refractivity contribution in [3.8, 4) is 0 Å². The lowest BCUT2D eigenvalue weighted by Crippen LogP contribution is -2.36. The summed E-state index contributed by atoms with van der Waals surface area (Å²) in [5, 5.41) is 7.48. The molecule has 0 amide bonds. The molecule has 1 saturated carbocycles. The molecule has 90 valence electrons. The summed E-state index contributed by atoms with van der Waals surface area (Å²) in [6, 6.07) is 2.53. The zero-order valence-electron chi connectivity index (χ0n) is 10.0. The molecular formula is C12H20N2O2. The molecule has 1 aromatic heterocycles. The molecule has 0 aromatic carbocycles. The topological polar surface area (TPSA) is 47.3 Å². The highest BCUT2D eigenvalue weighted by molar-refractivity contribution is 5.03. The van der Waals surface area contributed by atoms with Crippen LogP contribution in [0.4, 0.5) is 0 Å². The van der Waals surface area contributed by atoms with E-state index in [1.165, 1.54) is 19.3 Å². The minimum atomic E-state index is 0.422. The van der Waals surface area contributed by atoms with Gasteiger partial charge in [-0.05, 0) is 32.6 Å². The molecule has 2 unspecified atom stereocenters. The second kappa shape index (κ2) is 5.46. The number of rotatable bonds is 4. The van der Waals surface area contributed by atoms with E-state index in [2.05, 4.69) is 10.5 Å². The number of ether oxygens (including phenoxy) is 1. The zero-order valence-corrected chi connectivity index (χ0v) is 10.0. The van der Waals surface area contributed by atoms with Crippen LogP contribution in [-0.2, 0) is 11.3 Å². The average Bonchev–Trinajstić information content (AvgIpc) is 2.73. The maximum Gasteiger partial charge on any atom is 0.133 e. The summed E-state index contributed by atoms with van der Waals surface area (Å²) < 4.78 is 10.4. The molecule has 0 saturated heterocycles. The summed E-state index contributed by atoms with van der Waals surface area (Å²) in [5.41, 5.74) is 0.983. The van der Waals surface area contributed by atoms with E-state index in [9.17, 15) is 0 Å². The Hall–Kier alpha value is -0.870. The number of hydrogen-bond acceptors (Lipinski definition) is 4. The molecule has 0 bridgehead atoms. The van der Waals surface area contributed by atoms with Gasteiger partial charge in [0.25, 0.3) is 0 Å². The number of aromatic nitrogens is 1. The van der Waals surface area contributed by atoms with E-state index in [4.69, 9.17) is 9.26 Å². The molecule has 1 aliphatic carbocycles. The van der Waals surface area contributed by atoms with Crippen molar-refractivity contribution < 1.29 is 9.26 Å². The minimum Gasteiger partial charge on any atom is -0.381 e. The number of methoxy groups -OCH3 is 1. The molecule has 1 heterocycles. The zero-order chi connectivity index (χ0) is 11.4. The highest BCUT2D eigenvalue weighted by atomic mass is 16.5. The third kappa shape index (κ3) is 3.06. The quantitative estimate of drug-likeness (QED) is 0.850. The molecule has 1 aromatic rings. The molecule has 2 atom stereocenters. The fraction of sp³-hybridized carbons (Fsp3) is 0.750. The average molecular weight is 224 g/mol. The van der Waals surface area contributed by atoms with E-state index >= 15 is 0 Å². The SMILES string of the molecule is COC1CCCC(NCc2cc(C)on2)C1. The molecule has 16 heavy (non-hydrogen) atoms. The third-order valence-electron chi connectivity index (χ3n) is 3.21. The van der Waals surface area contributed by atoms with Crippen LogP contribution in [0.5, 0.6) is 0 Å². The first kappa shape index (κ1) is 11.6. The number of hydrogen-bond donors (Lipinski definition) is 1. The van der Waals surface area contributed by atoms with Crippen LogP contribution in [0, 0.1) is 6.92 Å². The molecule has 0 spiro atoms. The summed E-state index contributed by atoms with van der Waals surface area (Å²) in [4.78, 5) is 0. The predicted octanol–water partition coefficient (Wildman–Crippen LogP) is 2.03. The Bertz CT molecular complexity index is 325. The Kier molecular flexibility index (Phi) is 3.96. The van der Waals surface area contributed by atoms with Crippen molar-refractivity contribution in [1.82, 2.24) is 10.5 Å². The van der Waals surface area contributed by atoms with Gasteiger partial charge < -0.3 is 14.6 Å². The van der Waals surface area contributed by atoms with Gasteiger partial charge in [0.2, 0.25) is 0 Å². The van der Waals surface area contributed by atoms with Crippen molar-refractivity contribution in [3.63, 3.8) is 0 Å². The Morgan fingerprint density at radius 3 is 3.12 bits per heavy atom. The van der Waals surface area contributed by atoms with E-state index in [0.29, 0.717) is 12.1 Å². The summed E-state index contributed by atoms with van der Waals surface area (Å²) in [6.07, 6.45) is 5.20. The van der Waals surface area contributed by atoms with Gasteiger partial charge in [-0.15, -0.1) is 0 Å². The normalized spacial score (nSPS) is 25.9. The van der Waals surface area contributed by atoms with Crippen molar-refractivity contribution in [2.45, 2.75) is 51.3 Å². The van der Waals surface area contributed by atoms with Crippen molar-refractivity contribution in [2.24, 2.45) is 0 Å². The van der Waals surface area contributed by atoms with Crippen LogP contribution in [0.25, 0.3) is 0 Å². The maximum absolute atomic E-state index is 5.40. The van der Waals surface area contributed by atoms with Crippen LogP contribution in [0.15, 0.2) is 10.6 Å². The molecule has 1 fully saturated rings. The largest absolute Gasteiger partial charge is 0.381 e. The van der Waals surface area contributed by atoms with Crippen LogP contribution in [0.2, 0.25) is 0 Å². The van der Waals surface area contributed by atoms with Gasteiger partial charge in [0.05, 0.1) is 11.8 Å². The second-order valence-electron chi connectivity index (χ2n) is 4.53. The molecule has 1 aliphatic rings. The lowest BCUT2D eigenvalue weighted by atomic mass is 9.93. The smallest absolute Gasteiger partial charge is 0.133 e. The number of nitrogens with one attached hydrogen (secondary N) is 1. The van der Waals surface area contributed by atoms with Crippen molar-refractivity contribution >= 4 is 0 Å². The molecule has 2 rings (SSSR count). The van der Waals surface area contributed by atoms with Crippen LogP contribution < -0.4 is 5.32 Å². The second-order valence-corrected chi connectivity index (χ2v) is 4.53. The van der Waals surface area contributed by atoms with Crippen LogP contribution >= 0.6 is 0 Å². The molecular weight excluding hydrogens is 204 g/mol. The van der Waals surface area contributed by atoms with Gasteiger partial charge in [0.1, 0.15) is 5.76 Å². The van der Waals surface area contributed by atoms with Gasteiger partial charge in [0, 0.05) is 25.8 Å². The fourth-order valence-electron chi connectivity index (χ4n) is 2.29. The van der Waals surface area contributed by atoms with Gasteiger partial charge in [0.15, 0.2) is 0 Å². The Labute approximate surface area is 96.3 Å². The van der Waals surface area contributed by atoms with Crippen LogP contribution in [0.1, 0.15) is 37.1 Å². The molecule has 1 N–H and O–H groups in total. The molecule has 0 aliphatic heterocycles. The van der Waals surface area contributed by atoms with Gasteiger partial charge in [-0.1, -0.05) is 5.16 Å². The monoisotopic (exact) mass is 224 g/mol. The molecule has 4 nitrogen and oxygen atoms in total. The van der Waals surface area contributed by atoms with Gasteiger partial charge in [-0.3, -0.25) is 0 Å². The van der Waals surface area contributed by atoms with E-state index in [-0.39, 0.29) is 0 Å². The van der Waals surface area contributed by atoms with Crippen molar-refractivity contribution in [3.05, 3.63) is 17.5 Å². The maximum atomic E-state index is 5.40. The van der Waals surface area contributed by atoms with Crippen LogP contribution in [-0.4, -0.2) is 24.4 Å². The number of aryl methyl sites for hydroxylation is 1. The van der Waals surface area contributed by atoms with E-state index in [1.54, 1.807) is 7.11 Å². The van der Waals surface area contributed by atoms with Gasteiger partial charge >= 0.3 is 0 Å². The first-order valence-corrected chi connectivity index (χ1v) is 5.96. The van der Waals surface area contributed by atoms with E-state index in [0.717, 1.165) is 24.4 Å². The highest BCUT2D eigenvalue weighted by Crippen LogP contribution is 2.20. The van der Waals surface area contributed by atoms with Gasteiger partial charge in [-0.25, -0.2) is 0 Å². The summed E-state index contributed by atoms with van der Waals surface area (Å²) in [5.74, 6) is 0.871. The van der Waals surface area contributed by atoms with Crippen LogP contribution in [0.3, 0.4) is 0 Å². The Morgan fingerprint density at radius 1 is 1.56 bits per heavy atom. The lowest BCUT2D eigenvalue weighted by Gasteiger charge is -2.28. The molecule has 0 radical (unpaired) electrons. The Balaban J connectivity index is 1.77. The van der Waals surface area contributed by atoms with Crippen molar-refractivity contribution in [1.29, 1.82) is 0 Å². The summed E-state index contributed by atoms with van der Waals surface area (Å²) in [7, 11) is 1.80. The van der Waals surface area contributed by atoms with E-state index < -0.39 is 0 Å².